The molecular formula is C14H14N2O3. The number of carboxylic acids is 1. The Morgan fingerprint density at radius 2 is 2.05 bits per heavy atom. The van der Waals surface area contributed by atoms with E-state index in [1.165, 1.54) is 0 Å². The van der Waals surface area contributed by atoms with Crippen molar-refractivity contribution < 1.29 is 14.7 Å². The third-order valence-electron chi connectivity index (χ3n) is 2.75. The van der Waals surface area contributed by atoms with Crippen molar-refractivity contribution in [1.29, 1.82) is 0 Å². The molecule has 1 aromatic carbocycles. The molecule has 5 heteroatoms. The molecule has 0 atom stereocenters. The van der Waals surface area contributed by atoms with Gasteiger partial charge in [0, 0.05) is 30.6 Å². The van der Waals surface area contributed by atoms with Gasteiger partial charge in [-0.1, -0.05) is 12.1 Å². The first-order chi connectivity index (χ1) is 9.16. The van der Waals surface area contributed by atoms with E-state index in [-0.39, 0.29) is 18.7 Å². The molecule has 0 radical (unpaired) electrons. The number of hydrogen-bond donors (Lipinski definition) is 2. The molecule has 0 unspecified atom stereocenters. The molecule has 1 amide bonds. The van der Waals surface area contributed by atoms with Crippen LogP contribution in [0.4, 0.5) is 5.69 Å². The molecule has 1 heterocycles. The van der Waals surface area contributed by atoms with Crippen molar-refractivity contribution in [1.82, 2.24) is 4.98 Å². The van der Waals surface area contributed by atoms with Gasteiger partial charge in [0.25, 0.3) is 0 Å². The third kappa shape index (κ3) is 3.51. The van der Waals surface area contributed by atoms with Gasteiger partial charge in [-0.3, -0.25) is 14.6 Å². The number of fused-ring (bicyclic) bond motifs is 1. The molecule has 5 nitrogen and oxygen atoms in total. The maximum Gasteiger partial charge on any atom is 0.303 e. The molecule has 2 rings (SSSR count). The summed E-state index contributed by atoms with van der Waals surface area (Å²) in [5.74, 6) is -1.07. The Hall–Kier alpha value is -2.43. The van der Waals surface area contributed by atoms with Gasteiger partial charge in [-0.2, -0.15) is 0 Å². The maximum atomic E-state index is 11.7. The Kier molecular flexibility index (Phi) is 4.07. The number of carbonyl (C=O) groups is 2. The van der Waals surface area contributed by atoms with Crippen LogP contribution in [0.3, 0.4) is 0 Å². The van der Waals surface area contributed by atoms with Crippen LogP contribution in [0.5, 0.6) is 0 Å². The summed E-state index contributed by atoms with van der Waals surface area (Å²) in [7, 11) is 0. The summed E-state index contributed by atoms with van der Waals surface area (Å²) in [6, 6.07) is 7.47. The maximum absolute atomic E-state index is 11.7. The molecule has 0 aliphatic carbocycles. The quantitative estimate of drug-likeness (QED) is 0.863. The van der Waals surface area contributed by atoms with Crippen molar-refractivity contribution in [3.8, 4) is 0 Å². The highest BCUT2D eigenvalue weighted by molar-refractivity contribution is 6.01. The number of carboxylic acid groups (broad SMARTS) is 1. The molecule has 0 spiro atoms. The van der Waals surface area contributed by atoms with Gasteiger partial charge in [-0.15, -0.1) is 0 Å². The Labute approximate surface area is 110 Å². The van der Waals surface area contributed by atoms with E-state index in [2.05, 4.69) is 10.3 Å². The Bertz CT molecular complexity index is 605. The van der Waals surface area contributed by atoms with Crippen molar-refractivity contribution in [2.75, 3.05) is 5.32 Å². The molecule has 2 aromatic rings. The highest BCUT2D eigenvalue weighted by atomic mass is 16.4. The fourth-order valence-corrected chi connectivity index (χ4v) is 1.84. The molecule has 0 fully saturated rings. The number of amides is 1. The largest absolute Gasteiger partial charge is 0.481 e. The minimum absolute atomic E-state index is 0.00448. The van der Waals surface area contributed by atoms with E-state index in [4.69, 9.17) is 5.11 Å². The van der Waals surface area contributed by atoms with Crippen molar-refractivity contribution in [2.24, 2.45) is 0 Å². The van der Waals surface area contributed by atoms with Gasteiger partial charge in [0.1, 0.15) is 0 Å². The van der Waals surface area contributed by atoms with Crippen molar-refractivity contribution in [3.05, 3.63) is 36.7 Å². The van der Waals surface area contributed by atoms with Gasteiger partial charge < -0.3 is 10.4 Å². The Morgan fingerprint density at radius 1 is 1.21 bits per heavy atom. The number of carbonyl (C=O) groups excluding carboxylic acids is 1. The van der Waals surface area contributed by atoms with Gasteiger partial charge in [0.2, 0.25) is 5.91 Å². The zero-order valence-electron chi connectivity index (χ0n) is 10.3. The number of hydrogen-bond acceptors (Lipinski definition) is 3. The minimum atomic E-state index is -0.887. The minimum Gasteiger partial charge on any atom is -0.481 e. The van der Waals surface area contributed by atoms with E-state index in [1.54, 1.807) is 18.5 Å². The molecule has 0 aliphatic rings. The van der Waals surface area contributed by atoms with Gasteiger partial charge in [-0.05, 0) is 23.9 Å². The van der Waals surface area contributed by atoms with E-state index in [1.807, 2.05) is 18.2 Å². The summed E-state index contributed by atoms with van der Waals surface area (Å²) < 4.78 is 0. The number of nitrogens with one attached hydrogen (secondary N) is 1. The van der Waals surface area contributed by atoms with E-state index in [9.17, 15) is 9.59 Å². The Balaban J connectivity index is 2.05. The summed E-state index contributed by atoms with van der Waals surface area (Å²) in [6.45, 7) is 0. The van der Waals surface area contributed by atoms with Gasteiger partial charge in [0.05, 0.1) is 5.69 Å². The lowest BCUT2D eigenvalue weighted by Gasteiger charge is -2.07. The zero-order chi connectivity index (χ0) is 13.7. The molecule has 2 N–H and O–H groups in total. The third-order valence-corrected chi connectivity index (χ3v) is 2.75. The standard InChI is InChI=1S/C14H14N2O3/c17-13(5-2-6-14(18)19)16-12-4-1-3-10-7-8-15-9-11(10)12/h1,3-4,7-9H,2,5-6H2,(H,16,17)(H,18,19). The molecule has 1 aromatic heterocycles. The Morgan fingerprint density at radius 3 is 2.84 bits per heavy atom. The van der Waals surface area contributed by atoms with Crippen molar-refractivity contribution >= 4 is 28.3 Å². The van der Waals surface area contributed by atoms with Crippen molar-refractivity contribution in [3.63, 3.8) is 0 Å². The number of rotatable bonds is 5. The number of aromatic nitrogens is 1. The number of benzene rings is 1. The summed E-state index contributed by atoms with van der Waals surface area (Å²) in [6.07, 6.45) is 3.93. The van der Waals surface area contributed by atoms with E-state index >= 15 is 0 Å². The lowest BCUT2D eigenvalue weighted by atomic mass is 10.1. The highest BCUT2D eigenvalue weighted by Crippen LogP contribution is 2.22. The first kappa shape index (κ1) is 13.0. The average Bonchev–Trinajstić information content (AvgIpc) is 2.39. The fourth-order valence-electron chi connectivity index (χ4n) is 1.84. The van der Waals surface area contributed by atoms with Crippen LogP contribution < -0.4 is 5.32 Å². The molecular weight excluding hydrogens is 244 g/mol. The van der Waals surface area contributed by atoms with Crippen LogP contribution in [-0.2, 0) is 9.59 Å². The number of pyridine rings is 1. The average molecular weight is 258 g/mol. The van der Waals surface area contributed by atoms with E-state index in [0.29, 0.717) is 12.1 Å². The monoisotopic (exact) mass is 258 g/mol. The first-order valence-electron chi connectivity index (χ1n) is 6.01. The predicted molar refractivity (Wildman–Crippen MR) is 71.9 cm³/mol. The summed E-state index contributed by atoms with van der Waals surface area (Å²) in [5, 5.41) is 13.2. The van der Waals surface area contributed by atoms with Crippen LogP contribution >= 0.6 is 0 Å². The number of nitrogens with zero attached hydrogens (tertiary/aromatic N) is 1. The summed E-state index contributed by atoms with van der Waals surface area (Å²) in [5.41, 5.74) is 0.700. The van der Waals surface area contributed by atoms with Gasteiger partial charge >= 0.3 is 5.97 Å². The topological polar surface area (TPSA) is 79.3 Å². The lowest BCUT2D eigenvalue weighted by Crippen LogP contribution is -2.12. The second kappa shape index (κ2) is 5.95. The van der Waals surface area contributed by atoms with E-state index < -0.39 is 5.97 Å². The van der Waals surface area contributed by atoms with Crippen molar-refractivity contribution in [2.45, 2.75) is 19.3 Å². The smallest absolute Gasteiger partial charge is 0.303 e. The fraction of sp³-hybridized carbons (Fsp3) is 0.214. The molecule has 0 bridgehead atoms. The van der Waals surface area contributed by atoms with Crippen LogP contribution in [0.2, 0.25) is 0 Å². The normalized spacial score (nSPS) is 10.3. The van der Waals surface area contributed by atoms with Crippen LogP contribution in [0.1, 0.15) is 19.3 Å². The van der Waals surface area contributed by atoms with Gasteiger partial charge in [-0.25, -0.2) is 0 Å². The second-order valence-corrected chi connectivity index (χ2v) is 4.20. The predicted octanol–water partition coefficient (Wildman–Crippen LogP) is 2.43. The van der Waals surface area contributed by atoms with Crippen LogP contribution in [0, 0.1) is 0 Å². The van der Waals surface area contributed by atoms with Crippen LogP contribution in [0.15, 0.2) is 36.7 Å². The van der Waals surface area contributed by atoms with Gasteiger partial charge in [0.15, 0.2) is 0 Å². The zero-order valence-corrected chi connectivity index (χ0v) is 10.3. The van der Waals surface area contributed by atoms with E-state index in [0.717, 1.165) is 10.8 Å². The lowest BCUT2D eigenvalue weighted by molar-refractivity contribution is -0.137. The second-order valence-electron chi connectivity index (χ2n) is 4.20. The first-order valence-corrected chi connectivity index (χ1v) is 6.01. The number of anilines is 1. The SMILES string of the molecule is O=C(O)CCCC(=O)Nc1cccc2ccncc12. The summed E-state index contributed by atoms with van der Waals surface area (Å²) >= 11 is 0. The summed E-state index contributed by atoms with van der Waals surface area (Å²) in [4.78, 5) is 26.1. The molecule has 19 heavy (non-hydrogen) atoms. The molecule has 0 saturated carbocycles. The number of aliphatic carboxylic acids is 1. The molecule has 0 aliphatic heterocycles. The molecule has 0 saturated heterocycles. The highest BCUT2D eigenvalue weighted by Gasteiger charge is 2.06. The molecule has 98 valence electrons. The van der Waals surface area contributed by atoms with Crippen LogP contribution in [-0.4, -0.2) is 22.0 Å². The van der Waals surface area contributed by atoms with Crippen LogP contribution in [0.25, 0.3) is 10.8 Å².